The molecule has 0 atom stereocenters. The third-order valence-corrected chi connectivity index (χ3v) is 5.03. The largest absolute Gasteiger partial charge is 0.416 e. The number of para-hydroxylation sites is 1. The van der Waals surface area contributed by atoms with Crippen molar-refractivity contribution in [1.29, 1.82) is 0 Å². The van der Waals surface area contributed by atoms with Gasteiger partial charge in [0.05, 0.1) is 12.0 Å². The number of hydrogen-bond donors (Lipinski definition) is 1. The van der Waals surface area contributed by atoms with E-state index >= 15 is 0 Å². The lowest BCUT2D eigenvalue weighted by Crippen LogP contribution is -2.37. The van der Waals surface area contributed by atoms with Crippen molar-refractivity contribution in [2.45, 2.75) is 31.9 Å². The summed E-state index contributed by atoms with van der Waals surface area (Å²) in [7, 11) is 1.93. The highest BCUT2D eigenvalue weighted by Crippen LogP contribution is 2.32. The molecule has 0 fully saturated rings. The lowest BCUT2D eigenvalue weighted by molar-refractivity contribution is -0.137. The number of rotatable bonds is 5. The lowest BCUT2D eigenvalue weighted by Gasteiger charge is -2.26. The smallest absolute Gasteiger partial charge is 0.355 e. The monoisotopic (exact) mass is 388 g/mol. The Morgan fingerprint density at radius 2 is 1.71 bits per heavy atom. The summed E-state index contributed by atoms with van der Waals surface area (Å²) < 4.78 is 40.9. The summed E-state index contributed by atoms with van der Waals surface area (Å²) in [5.74, 6) is -0.156. The van der Waals surface area contributed by atoms with Crippen LogP contribution in [0.2, 0.25) is 0 Å². The number of carbonyl (C=O) groups is 1. The maximum atomic E-state index is 13.0. The van der Waals surface area contributed by atoms with Crippen molar-refractivity contribution in [3.8, 4) is 0 Å². The molecule has 0 aliphatic heterocycles. The first-order valence-corrected chi connectivity index (χ1v) is 9.05. The second-order valence-corrected chi connectivity index (χ2v) is 7.70. The SMILES string of the molecule is Cn1cc(CC(=O)NCC(C)(C)c2cccc(C(F)(F)F)c2)c2ccccc21. The number of nitrogens with one attached hydrogen (secondary N) is 1. The molecular weight excluding hydrogens is 365 g/mol. The molecule has 1 amide bonds. The molecule has 28 heavy (non-hydrogen) atoms. The Labute approximate surface area is 162 Å². The zero-order chi connectivity index (χ0) is 20.5. The van der Waals surface area contributed by atoms with Crippen LogP contribution in [-0.4, -0.2) is 17.0 Å². The van der Waals surface area contributed by atoms with Gasteiger partial charge in [0, 0.05) is 36.1 Å². The van der Waals surface area contributed by atoms with E-state index in [1.165, 1.54) is 6.07 Å². The van der Waals surface area contributed by atoms with Gasteiger partial charge >= 0.3 is 6.18 Å². The van der Waals surface area contributed by atoms with Crippen molar-refractivity contribution in [1.82, 2.24) is 9.88 Å². The molecule has 3 aromatic rings. The van der Waals surface area contributed by atoms with Gasteiger partial charge in [-0.3, -0.25) is 4.79 Å². The minimum absolute atomic E-state index is 0.156. The van der Waals surface area contributed by atoms with Crippen LogP contribution in [0.4, 0.5) is 13.2 Å². The molecule has 0 unspecified atom stereocenters. The summed E-state index contributed by atoms with van der Waals surface area (Å²) >= 11 is 0. The third kappa shape index (κ3) is 4.21. The van der Waals surface area contributed by atoms with Gasteiger partial charge in [-0.15, -0.1) is 0 Å². The van der Waals surface area contributed by atoms with Gasteiger partial charge in [-0.05, 0) is 23.3 Å². The van der Waals surface area contributed by atoms with Crippen molar-refractivity contribution in [3.63, 3.8) is 0 Å². The van der Waals surface area contributed by atoms with Gasteiger partial charge in [0.15, 0.2) is 0 Å². The van der Waals surface area contributed by atoms with Gasteiger partial charge in [0.1, 0.15) is 0 Å². The van der Waals surface area contributed by atoms with Crippen LogP contribution in [0.25, 0.3) is 10.9 Å². The molecule has 3 rings (SSSR count). The fraction of sp³-hybridized carbons (Fsp3) is 0.318. The van der Waals surface area contributed by atoms with Crippen LogP contribution in [0, 0.1) is 0 Å². The molecule has 0 spiro atoms. The van der Waals surface area contributed by atoms with Gasteiger partial charge in [-0.25, -0.2) is 0 Å². The highest BCUT2D eigenvalue weighted by Gasteiger charge is 2.32. The van der Waals surface area contributed by atoms with Gasteiger partial charge in [-0.1, -0.05) is 50.2 Å². The van der Waals surface area contributed by atoms with E-state index in [4.69, 9.17) is 0 Å². The first-order chi connectivity index (χ1) is 13.1. The third-order valence-electron chi connectivity index (χ3n) is 5.03. The van der Waals surface area contributed by atoms with E-state index in [0.717, 1.165) is 28.6 Å². The molecule has 0 aliphatic rings. The summed E-state index contributed by atoms with van der Waals surface area (Å²) in [6, 6.07) is 13.1. The molecule has 2 aromatic carbocycles. The molecule has 148 valence electrons. The number of aromatic nitrogens is 1. The van der Waals surface area contributed by atoms with Crippen molar-refractivity contribution in [3.05, 3.63) is 71.4 Å². The molecule has 0 bridgehead atoms. The maximum Gasteiger partial charge on any atom is 0.416 e. The van der Waals surface area contributed by atoms with Crippen molar-refractivity contribution >= 4 is 16.8 Å². The molecular formula is C22H23F3N2O. The van der Waals surface area contributed by atoms with Crippen molar-refractivity contribution < 1.29 is 18.0 Å². The van der Waals surface area contributed by atoms with Gasteiger partial charge < -0.3 is 9.88 Å². The van der Waals surface area contributed by atoms with E-state index in [0.29, 0.717) is 5.56 Å². The first-order valence-electron chi connectivity index (χ1n) is 9.05. The van der Waals surface area contributed by atoms with E-state index in [1.54, 1.807) is 6.07 Å². The first kappa shape index (κ1) is 20.0. The van der Waals surface area contributed by atoms with E-state index < -0.39 is 17.2 Å². The Morgan fingerprint density at radius 3 is 2.43 bits per heavy atom. The Balaban J connectivity index is 1.70. The molecule has 6 heteroatoms. The minimum atomic E-state index is -4.39. The molecule has 1 aromatic heterocycles. The Kier molecular flexibility index (Phi) is 5.24. The summed E-state index contributed by atoms with van der Waals surface area (Å²) in [6.07, 6.45) is -2.23. The molecule has 0 aliphatic carbocycles. The average Bonchev–Trinajstić information content (AvgIpc) is 2.96. The molecule has 3 nitrogen and oxygen atoms in total. The molecule has 0 saturated carbocycles. The van der Waals surface area contributed by atoms with E-state index in [9.17, 15) is 18.0 Å². The molecule has 0 saturated heterocycles. The Hall–Kier alpha value is -2.76. The average molecular weight is 388 g/mol. The van der Waals surface area contributed by atoms with E-state index in [1.807, 2.05) is 55.9 Å². The summed E-state index contributed by atoms with van der Waals surface area (Å²) in [5.41, 5.74) is 1.20. The Morgan fingerprint density at radius 1 is 1.04 bits per heavy atom. The zero-order valence-electron chi connectivity index (χ0n) is 16.1. The fourth-order valence-electron chi connectivity index (χ4n) is 3.34. The summed E-state index contributed by atoms with van der Waals surface area (Å²) in [6.45, 7) is 3.89. The second-order valence-electron chi connectivity index (χ2n) is 7.70. The number of halogens is 3. The number of fused-ring (bicyclic) bond motifs is 1. The van der Waals surface area contributed by atoms with Crippen LogP contribution in [-0.2, 0) is 29.9 Å². The van der Waals surface area contributed by atoms with Gasteiger partial charge in [0.25, 0.3) is 0 Å². The van der Waals surface area contributed by atoms with Crippen LogP contribution >= 0.6 is 0 Å². The molecule has 0 radical (unpaired) electrons. The van der Waals surface area contributed by atoms with Crippen molar-refractivity contribution in [2.75, 3.05) is 6.54 Å². The topological polar surface area (TPSA) is 34.0 Å². The fourth-order valence-corrected chi connectivity index (χ4v) is 3.34. The number of amides is 1. The quantitative estimate of drug-likeness (QED) is 0.667. The molecule has 1 N–H and O–H groups in total. The van der Waals surface area contributed by atoms with Crippen LogP contribution in [0.3, 0.4) is 0 Å². The number of carbonyl (C=O) groups excluding carboxylic acids is 1. The highest BCUT2D eigenvalue weighted by atomic mass is 19.4. The predicted molar refractivity (Wildman–Crippen MR) is 104 cm³/mol. The second kappa shape index (κ2) is 7.34. The predicted octanol–water partition coefficient (Wildman–Crippen LogP) is 4.83. The normalized spacial score (nSPS) is 12.4. The van der Waals surface area contributed by atoms with Gasteiger partial charge in [0.2, 0.25) is 5.91 Å². The van der Waals surface area contributed by atoms with Crippen LogP contribution in [0.1, 0.15) is 30.5 Å². The maximum absolute atomic E-state index is 13.0. The zero-order valence-corrected chi connectivity index (χ0v) is 16.1. The number of hydrogen-bond acceptors (Lipinski definition) is 1. The van der Waals surface area contributed by atoms with Crippen molar-refractivity contribution in [2.24, 2.45) is 7.05 Å². The number of nitrogens with zero attached hydrogens (tertiary/aromatic N) is 1. The van der Waals surface area contributed by atoms with E-state index in [2.05, 4.69) is 5.32 Å². The number of benzene rings is 2. The van der Waals surface area contributed by atoms with E-state index in [-0.39, 0.29) is 18.9 Å². The number of aryl methyl sites for hydroxylation is 1. The van der Waals surface area contributed by atoms with Gasteiger partial charge in [-0.2, -0.15) is 13.2 Å². The van der Waals surface area contributed by atoms with Crippen LogP contribution in [0.5, 0.6) is 0 Å². The summed E-state index contributed by atoms with van der Waals surface area (Å²) in [5, 5.41) is 3.90. The minimum Gasteiger partial charge on any atom is -0.355 e. The lowest BCUT2D eigenvalue weighted by atomic mass is 9.83. The highest BCUT2D eigenvalue weighted by molar-refractivity contribution is 5.89. The summed E-state index contributed by atoms with van der Waals surface area (Å²) in [4.78, 5) is 12.5. The number of alkyl halides is 3. The Bertz CT molecular complexity index is 1000. The molecule has 1 heterocycles. The standard InChI is InChI=1S/C22H23F3N2O/c1-21(2,16-7-6-8-17(12-16)22(23,24)25)14-26-20(28)11-15-13-27(3)19-10-5-4-9-18(15)19/h4-10,12-13H,11,14H2,1-3H3,(H,26,28). The van der Waals surface area contributed by atoms with Crippen LogP contribution < -0.4 is 5.32 Å². The van der Waals surface area contributed by atoms with Crippen LogP contribution in [0.15, 0.2) is 54.7 Å².